The molecule has 145 heavy (non-hydrogen) atoms. The number of phenols is 2. The summed E-state index contributed by atoms with van der Waals surface area (Å²) >= 11 is 2.18. The largest absolute Gasteiger partial charge is 0.508 e. The zero-order valence-corrected chi connectivity index (χ0v) is 82.5. The number of ketones is 1. The zero-order chi connectivity index (χ0) is 107. The quantitative estimate of drug-likeness (QED) is 0.00645. The number of primary amides is 1. The fraction of sp³-hybridized carbons (Fsp3) is 0.516. The van der Waals surface area contributed by atoms with Crippen molar-refractivity contribution in [2.45, 2.75) is 226 Å². The van der Waals surface area contributed by atoms with Crippen molar-refractivity contribution < 1.29 is 126 Å². The number of nitrogens with two attached hydrogens (primary N) is 5. The molecule has 0 spiro atoms. The van der Waals surface area contributed by atoms with Crippen LogP contribution in [0.1, 0.15) is 137 Å². The summed E-state index contributed by atoms with van der Waals surface area (Å²) in [5.74, 6) is -20.6. The maximum atomic E-state index is 15.2. The molecular weight excluding hydrogens is 1930 g/mol. The number of benzene rings is 4. The SMILES string of the molecule is CSCC[C@H](NC(=O)[C@@H](N)Cc1ccc(O)cc1)C(=O)N[C@@H](CCCNC(=N)N)C(=O)N[C@H](C(=O)N1CCC[C@H]1C(=O)N[C@@H](CC(=O)O)C(=O)NCC(=O)N[C@@H](CCCNC(=N)N)C(=O)N[C@@H](CSCN(C)C(=O)OCC(=O)c1ccccc1)C(=O)N[C@@H](CCCCN)C(=O)N1CCC[C@H]1C(=O)N[C@H](C(=O)N[C@@H](Cc1ccccc1)C(=O)N[C@@H](Cc1ccc(O)cc1)C(=O)N[C@@H](CCC(N)=O)C(=O)O)[C@@H](C)O)[C@@H](C)O. The van der Waals surface area contributed by atoms with E-state index in [1.807, 2.05) is 0 Å². The predicted octanol–water partition coefficient (Wildman–Crippen LogP) is -5.48. The molecule has 2 aliphatic rings. The summed E-state index contributed by atoms with van der Waals surface area (Å²) in [4.78, 5) is 269. The maximum absolute atomic E-state index is 15.2. The van der Waals surface area contributed by atoms with Crippen molar-refractivity contribution in [3.63, 3.8) is 0 Å². The second kappa shape index (κ2) is 61.5. The summed E-state index contributed by atoms with van der Waals surface area (Å²) in [5.41, 5.74) is 30.1. The summed E-state index contributed by atoms with van der Waals surface area (Å²) < 4.78 is 5.28. The van der Waals surface area contributed by atoms with Gasteiger partial charge in [-0.15, -0.1) is 11.8 Å². The van der Waals surface area contributed by atoms with Gasteiger partial charge in [0.05, 0.1) is 37.1 Å². The lowest BCUT2D eigenvalue weighted by atomic mass is 10.0. The number of hydrogen-bond acceptors (Lipinski definition) is 30. The second-order valence-electron chi connectivity index (χ2n) is 34.7. The average molecular weight is 2070 g/mol. The van der Waals surface area contributed by atoms with Crippen LogP contribution in [0.3, 0.4) is 0 Å². The number of aromatic hydroxyl groups is 2. The van der Waals surface area contributed by atoms with Gasteiger partial charge in [-0.25, -0.2) is 9.59 Å². The molecule has 52 heteroatoms. The van der Waals surface area contributed by atoms with E-state index in [0.29, 0.717) is 22.4 Å². The maximum Gasteiger partial charge on any atom is 0.410 e. The van der Waals surface area contributed by atoms with E-state index in [1.165, 1.54) is 67.3 Å². The Morgan fingerprint density at radius 2 is 0.938 bits per heavy atom. The first kappa shape index (κ1) is 119. The lowest BCUT2D eigenvalue weighted by Gasteiger charge is -2.32. The van der Waals surface area contributed by atoms with Gasteiger partial charge in [0.15, 0.2) is 24.3 Å². The van der Waals surface area contributed by atoms with Gasteiger partial charge in [0.25, 0.3) is 0 Å². The number of carboxylic acid groups (broad SMARTS) is 2. The van der Waals surface area contributed by atoms with E-state index in [9.17, 15) is 112 Å². The molecule has 2 saturated heterocycles. The Bertz CT molecular complexity index is 5100. The first-order valence-corrected chi connectivity index (χ1v) is 49.5. The fourth-order valence-corrected chi connectivity index (χ4v) is 16.8. The van der Waals surface area contributed by atoms with Crippen LogP contribution < -0.4 is 103 Å². The van der Waals surface area contributed by atoms with Gasteiger partial charge in [0.2, 0.25) is 88.6 Å². The Hall–Kier alpha value is -14.5. The Balaban J connectivity index is 1.22. The third-order valence-corrected chi connectivity index (χ3v) is 24.9. The van der Waals surface area contributed by atoms with Crippen LogP contribution in [0.15, 0.2) is 109 Å². The summed E-state index contributed by atoms with van der Waals surface area (Å²) in [6, 6.07) is 4.88. The number of thioether (sulfide) groups is 2. The Kier molecular flexibility index (Phi) is 50.5. The van der Waals surface area contributed by atoms with Crippen molar-refractivity contribution in [1.29, 1.82) is 10.8 Å². The molecule has 32 N–H and O–H groups in total. The first-order chi connectivity index (χ1) is 68.9. The average Bonchev–Trinajstić information content (AvgIpc) is 1.69. The number of carboxylic acids is 2. The van der Waals surface area contributed by atoms with Crippen LogP contribution in [0.25, 0.3) is 0 Å². The van der Waals surface area contributed by atoms with Gasteiger partial charge in [0, 0.05) is 63.8 Å². The Labute approximate surface area is 844 Å². The predicted molar refractivity (Wildman–Crippen MR) is 529 cm³/mol. The zero-order valence-electron chi connectivity index (χ0n) is 80.8. The molecule has 0 unspecified atom stereocenters. The highest BCUT2D eigenvalue weighted by atomic mass is 32.2. The third kappa shape index (κ3) is 41.4. The number of aliphatic hydroxyl groups is 2. The second-order valence-corrected chi connectivity index (χ2v) is 36.7. The van der Waals surface area contributed by atoms with Gasteiger partial charge in [-0.05, 0) is 163 Å². The number of likely N-dealkylation sites (tertiary alicyclic amines) is 2. The van der Waals surface area contributed by atoms with E-state index in [-0.39, 0.29) is 152 Å². The van der Waals surface area contributed by atoms with Crippen molar-refractivity contribution in [2.75, 3.05) is 76.6 Å². The highest BCUT2D eigenvalue weighted by molar-refractivity contribution is 7.99. The van der Waals surface area contributed by atoms with E-state index in [1.54, 1.807) is 66.9 Å². The minimum atomic E-state index is -2.00. The number of nitrogens with zero attached hydrogens (tertiary/aromatic N) is 3. The molecular formula is C93H134N24O26S2. The van der Waals surface area contributed by atoms with Crippen LogP contribution in [0.5, 0.6) is 11.5 Å². The Morgan fingerprint density at radius 3 is 1.46 bits per heavy atom. The number of ether oxygens (including phenoxy) is 1. The number of unbranched alkanes of at least 4 members (excludes halogenated alkanes) is 1. The molecule has 0 radical (unpaired) electrons. The van der Waals surface area contributed by atoms with Crippen LogP contribution in [0.4, 0.5) is 4.79 Å². The minimum absolute atomic E-state index is 0.0151. The van der Waals surface area contributed by atoms with E-state index >= 15 is 9.59 Å². The lowest BCUT2D eigenvalue weighted by molar-refractivity contribution is -0.145. The molecule has 0 aliphatic carbocycles. The number of guanidine groups is 2. The van der Waals surface area contributed by atoms with Crippen LogP contribution in [-0.4, -0.2) is 343 Å². The van der Waals surface area contributed by atoms with Gasteiger partial charge in [0.1, 0.15) is 90.0 Å². The van der Waals surface area contributed by atoms with Crippen LogP contribution in [0.2, 0.25) is 0 Å². The van der Waals surface area contributed by atoms with Crippen LogP contribution >= 0.6 is 23.5 Å². The normalized spacial score (nSPS) is 16.0. The van der Waals surface area contributed by atoms with Crippen LogP contribution in [-0.2, 0) is 106 Å². The van der Waals surface area contributed by atoms with Crippen molar-refractivity contribution in [3.8, 4) is 11.5 Å². The molecule has 16 atom stereocenters. The monoisotopic (exact) mass is 2070 g/mol. The summed E-state index contributed by atoms with van der Waals surface area (Å²) in [5, 5.41) is 113. The number of phenolic OH excluding ortho intramolecular Hbond substituents is 2. The van der Waals surface area contributed by atoms with Crippen molar-refractivity contribution in [2.24, 2.45) is 28.7 Å². The number of carbonyl (C=O) groups excluding carboxylic acids is 17. The van der Waals surface area contributed by atoms with Gasteiger partial charge in [-0.2, -0.15) is 11.8 Å². The van der Waals surface area contributed by atoms with E-state index in [2.05, 4.69) is 74.4 Å². The molecule has 0 bridgehead atoms. The first-order valence-electron chi connectivity index (χ1n) is 46.9. The highest BCUT2D eigenvalue weighted by Gasteiger charge is 2.45. The molecule has 2 fully saturated rings. The smallest absolute Gasteiger partial charge is 0.410 e. The lowest BCUT2D eigenvalue weighted by Crippen LogP contribution is -2.62. The number of aliphatic carboxylic acids is 2. The molecule has 0 saturated carbocycles. The molecule has 2 aliphatic heterocycles. The molecule has 0 aromatic heterocycles. The van der Waals surface area contributed by atoms with Gasteiger partial charge in [-0.1, -0.05) is 84.9 Å². The number of Topliss-reactive ketones (excluding diaryl/α,β-unsaturated/α-hetero) is 1. The number of rotatable bonds is 62. The summed E-state index contributed by atoms with van der Waals surface area (Å²) in [7, 11) is 1.29. The standard InChI is InChI=1S/C93H134N24O26S2/c1-51(118)75(87(137)111-66(44-53-17-7-5-8-18-53)83(133)109-65(45-55-28-32-58(121)33-29-55)82(132)108-64(90(140)141)34-35-72(96)123)113-86(136)70-25-15-40-116(70)88(138)63(21-11-12-37-94)107-84(134)68(49-145-50-115(3)93(142)143-48-71(122)56-19-9-6-10-20-56)112-79(129)60(22-13-38-101-91(97)98)104-73(124)47-103-78(128)67(46-74(125)126)110-85(135)69-24-16-41-117(69)89(139)76(52(2)119)114-81(131)61(23-14-39-102-92(99)100)106-80(130)62(36-42-144-4)105-77(127)59(95)43-54-26-30-57(120)31-27-54/h5-10,17-20,26-33,51-52,59-70,75-76,118-121H,11-16,21-25,34-50,94-95H2,1-4H3,(H2,96,123)(H,103,128)(H,104,124)(H,105,127)(H,106,130)(H,107,134)(H,108,132)(H,109,133)(H,110,135)(H,111,137)(H,112,129)(H,113,136)(H,114,131)(H,125,126)(H,140,141)(H4,97,98,101)(H4,99,100,102)/t51-,52-,59+,60+,61+,62+,63+,64+,65+,66+,67+,68+,69+,70+,75+,76+/m1/s1. The third-order valence-electron chi connectivity index (χ3n) is 23.2. The molecule has 794 valence electrons. The van der Waals surface area contributed by atoms with Crippen molar-refractivity contribution >= 4 is 148 Å². The van der Waals surface area contributed by atoms with E-state index < -0.39 is 259 Å². The minimum Gasteiger partial charge on any atom is -0.508 e. The molecule has 4 aromatic carbocycles. The highest BCUT2D eigenvalue weighted by Crippen LogP contribution is 2.25. The van der Waals surface area contributed by atoms with Crippen LogP contribution in [0, 0.1) is 10.8 Å². The summed E-state index contributed by atoms with van der Waals surface area (Å²) in [6.07, 6.45) is -5.45. The fourth-order valence-electron chi connectivity index (χ4n) is 15.4. The van der Waals surface area contributed by atoms with Gasteiger partial charge in [-0.3, -0.25) is 92.3 Å². The molecule has 50 nitrogen and oxygen atoms in total. The van der Waals surface area contributed by atoms with Gasteiger partial charge >= 0.3 is 18.0 Å². The van der Waals surface area contributed by atoms with Crippen molar-refractivity contribution in [3.05, 3.63) is 131 Å². The number of hydrogen-bond donors (Lipinski definition) is 27. The number of aliphatic hydroxyl groups excluding tert-OH is 2. The number of amides is 16. The number of carbonyl (C=O) groups is 19. The molecule has 2 heterocycles. The summed E-state index contributed by atoms with van der Waals surface area (Å²) in [6.45, 7) is 0.229. The molecule has 6 rings (SSSR count). The Morgan fingerprint density at radius 1 is 0.483 bits per heavy atom. The van der Waals surface area contributed by atoms with E-state index in [4.69, 9.17) is 44.2 Å². The number of nitrogens with one attached hydrogen (secondary N) is 16. The van der Waals surface area contributed by atoms with Crippen molar-refractivity contribution in [1.82, 2.24) is 89.1 Å². The topological polar surface area (TPSA) is 811 Å². The molecule has 16 amide bonds. The van der Waals surface area contributed by atoms with E-state index in [0.717, 1.165) is 40.3 Å². The van der Waals surface area contributed by atoms with Gasteiger partial charge < -0.3 is 153 Å². The molecule has 4 aromatic rings.